The molecule has 0 spiro atoms. The molecule has 0 fully saturated rings. The van der Waals surface area contributed by atoms with Crippen LogP contribution in [0.5, 0.6) is 0 Å². The molecule has 1 atom stereocenters. The Balaban J connectivity index is 2.95. The molecular formula is C11H15Cl5F3N3. The van der Waals surface area contributed by atoms with Gasteiger partial charge in [-0.3, -0.25) is 5.01 Å². The number of hydrazone groups is 1. The zero-order valence-corrected chi connectivity index (χ0v) is 15.3. The maximum Gasteiger partial charge on any atom is 0.487 e. The number of nitrogens with zero attached hydrogens (tertiary/aromatic N) is 3. The topological polar surface area (TPSA) is 18.8 Å². The van der Waals surface area contributed by atoms with Crippen LogP contribution in [0.3, 0.4) is 0 Å². The molecule has 0 radical (unpaired) electrons. The summed E-state index contributed by atoms with van der Waals surface area (Å²) in [7, 11) is 0. The minimum absolute atomic E-state index is 0.0608. The largest absolute Gasteiger partial charge is 0.487 e. The molecule has 0 aromatic carbocycles. The van der Waals surface area contributed by atoms with E-state index in [-0.39, 0.29) is 11.4 Å². The number of rotatable bonds is 6. The van der Waals surface area contributed by atoms with Crippen molar-refractivity contribution in [1.82, 2.24) is 9.91 Å². The lowest BCUT2D eigenvalue weighted by atomic mass is 10.2. The molecule has 11 heteroatoms. The minimum atomic E-state index is -4.75. The summed E-state index contributed by atoms with van der Waals surface area (Å²) in [4.78, 5) is -0.0608. The third-order valence-electron chi connectivity index (χ3n) is 3.11. The van der Waals surface area contributed by atoms with Crippen LogP contribution in [-0.4, -0.2) is 43.4 Å². The number of hydrogen-bond acceptors (Lipinski definition) is 3. The van der Waals surface area contributed by atoms with E-state index >= 15 is 0 Å². The van der Waals surface area contributed by atoms with Crippen LogP contribution >= 0.6 is 58.0 Å². The van der Waals surface area contributed by atoms with Crippen molar-refractivity contribution >= 4 is 64.3 Å². The highest BCUT2D eigenvalue weighted by atomic mass is 35.6. The average molecular weight is 424 g/mol. The molecule has 1 aliphatic heterocycles. The Morgan fingerprint density at radius 2 is 1.64 bits per heavy atom. The Morgan fingerprint density at radius 1 is 1.05 bits per heavy atom. The third kappa shape index (κ3) is 4.76. The first kappa shape index (κ1) is 20.6. The second-order valence-corrected chi connectivity index (χ2v) is 8.49. The third-order valence-corrected chi connectivity index (χ3v) is 5.54. The van der Waals surface area contributed by atoms with Gasteiger partial charge in [-0.05, 0) is 6.42 Å². The average Bonchev–Trinajstić information content (AvgIpc) is 2.77. The van der Waals surface area contributed by atoms with Gasteiger partial charge in [-0.15, -0.1) is 13.2 Å². The van der Waals surface area contributed by atoms with Crippen LogP contribution in [-0.2, 0) is 0 Å². The van der Waals surface area contributed by atoms with Gasteiger partial charge in [-0.1, -0.05) is 84.2 Å². The Hall–Kier alpha value is 0.510. The molecule has 1 unspecified atom stereocenters. The summed E-state index contributed by atoms with van der Waals surface area (Å²) in [6.07, 6.45) is -2.40. The van der Waals surface area contributed by atoms with E-state index < -0.39 is 20.6 Å². The van der Waals surface area contributed by atoms with Crippen LogP contribution in [0.15, 0.2) is 5.10 Å². The first-order valence-corrected chi connectivity index (χ1v) is 8.42. The lowest BCUT2D eigenvalue weighted by Crippen LogP contribution is -2.60. The number of hydrogen-bond donors (Lipinski definition) is 0. The summed E-state index contributed by atoms with van der Waals surface area (Å²) >= 11 is 28.9. The predicted molar refractivity (Wildman–Crippen MR) is 85.7 cm³/mol. The van der Waals surface area contributed by atoms with Gasteiger partial charge in [0.25, 0.3) is 0 Å². The fourth-order valence-electron chi connectivity index (χ4n) is 1.98. The molecule has 1 aliphatic rings. The molecule has 0 saturated heterocycles. The number of alkyl halides is 8. The van der Waals surface area contributed by atoms with Crippen LogP contribution in [0.25, 0.3) is 0 Å². The van der Waals surface area contributed by atoms with Gasteiger partial charge in [-0.25, -0.2) is 4.90 Å². The lowest BCUT2D eigenvalue weighted by molar-refractivity contribution is -0.236. The summed E-state index contributed by atoms with van der Waals surface area (Å²) in [5.74, 6) is 0. The van der Waals surface area contributed by atoms with E-state index in [1.165, 1.54) is 0 Å². The van der Waals surface area contributed by atoms with Crippen molar-refractivity contribution in [3.05, 3.63) is 0 Å². The van der Waals surface area contributed by atoms with Gasteiger partial charge in [0.05, 0.1) is 0 Å². The maximum atomic E-state index is 13.1. The monoisotopic (exact) mass is 421 g/mol. The second-order valence-electron chi connectivity index (χ2n) is 4.82. The minimum Gasteiger partial charge on any atom is -0.270 e. The summed E-state index contributed by atoms with van der Waals surface area (Å²) in [6, 6.07) is 0. The summed E-state index contributed by atoms with van der Waals surface area (Å²) < 4.78 is 34.6. The molecule has 22 heavy (non-hydrogen) atoms. The summed E-state index contributed by atoms with van der Waals surface area (Å²) in [6.45, 7) is 2.24. The summed E-state index contributed by atoms with van der Waals surface area (Å²) in [5.41, 5.74) is 0. The molecule has 0 aromatic rings. The van der Waals surface area contributed by atoms with E-state index in [0.717, 1.165) is 24.3 Å². The van der Waals surface area contributed by atoms with E-state index in [1.54, 1.807) is 0 Å². The van der Waals surface area contributed by atoms with Gasteiger partial charge in [0.2, 0.25) is 8.13 Å². The van der Waals surface area contributed by atoms with Crippen molar-refractivity contribution < 1.29 is 13.2 Å². The van der Waals surface area contributed by atoms with Crippen LogP contribution in [0.4, 0.5) is 13.2 Å². The van der Waals surface area contributed by atoms with Crippen molar-refractivity contribution in [1.29, 1.82) is 0 Å². The highest BCUT2D eigenvalue weighted by molar-refractivity contribution is 6.75. The maximum absolute atomic E-state index is 13.1. The standard InChI is InChI=1S/C11H15Cl5F3N3/c1-2-3-4-5-6-22-8(9(12,13)10(14,15)16)21(7-20-22)11(17,18)19/h7-8H,2-6H2,1H3. The Morgan fingerprint density at radius 3 is 2.09 bits per heavy atom. The number of unbranched alkanes of at least 4 members (excludes halogenated alkanes) is 3. The van der Waals surface area contributed by atoms with E-state index in [4.69, 9.17) is 58.0 Å². The predicted octanol–water partition coefficient (Wildman–Crippen LogP) is 5.52. The zero-order chi connectivity index (χ0) is 17.2. The molecule has 3 nitrogen and oxygen atoms in total. The smallest absolute Gasteiger partial charge is 0.270 e. The van der Waals surface area contributed by atoms with Crippen molar-refractivity contribution in [3.63, 3.8) is 0 Å². The van der Waals surface area contributed by atoms with E-state index in [1.807, 2.05) is 6.92 Å². The van der Waals surface area contributed by atoms with E-state index in [2.05, 4.69) is 5.10 Å². The van der Waals surface area contributed by atoms with Gasteiger partial charge in [0.1, 0.15) is 6.34 Å². The molecule has 0 bridgehead atoms. The molecule has 0 aromatic heterocycles. The first-order chi connectivity index (χ1) is 9.93. The van der Waals surface area contributed by atoms with Crippen LogP contribution in [0.2, 0.25) is 0 Å². The highest BCUT2D eigenvalue weighted by Gasteiger charge is 2.61. The molecular weight excluding hydrogens is 408 g/mol. The van der Waals surface area contributed by atoms with Gasteiger partial charge in [0.15, 0.2) is 6.17 Å². The zero-order valence-electron chi connectivity index (χ0n) is 11.6. The van der Waals surface area contributed by atoms with E-state index in [0.29, 0.717) is 12.8 Å². The Labute approximate surface area is 152 Å². The summed E-state index contributed by atoms with van der Waals surface area (Å²) in [5, 5.41) is 4.81. The van der Waals surface area contributed by atoms with Crippen molar-refractivity contribution in [2.45, 2.75) is 53.2 Å². The highest BCUT2D eigenvalue weighted by Crippen LogP contribution is 2.52. The molecule has 130 valence electrons. The second kappa shape index (κ2) is 7.60. The Kier molecular flexibility index (Phi) is 7.10. The lowest BCUT2D eigenvalue weighted by Gasteiger charge is -2.41. The molecule has 1 rings (SSSR count). The van der Waals surface area contributed by atoms with Crippen LogP contribution < -0.4 is 0 Å². The number of halogens is 8. The molecule has 1 heterocycles. The molecule has 0 amide bonds. The first-order valence-electron chi connectivity index (χ1n) is 6.53. The molecule has 0 N–H and O–H groups in total. The van der Waals surface area contributed by atoms with Gasteiger partial charge in [0, 0.05) is 6.54 Å². The normalized spacial score (nSPS) is 20.1. The SMILES string of the molecule is CCCCCCN1N=CN(C(F)(F)F)C1C(Cl)(Cl)C(Cl)(Cl)Cl. The van der Waals surface area contributed by atoms with Crippen molar-refractivity contribution in [2.75, 3.05) is 6.54 Å². The molecule has 0 saturated carbocycles. The van der Waals surface area contributed by atoms with Gasteiger partial charge >= 0.3 is 6.30 Å². The fraction of sp³-hybridized carbons (Fsp3) is 0.909. The molecule has 0 aliphatic carbocycles. The fourth-order valence-corrected chi connectivity index (χ4v) is 2.71. The van der Waals surface area contributed by atoms with Gasteiger partial charge in [-0.2, -0.15) is 5.10 Å². The Bertz CT molecular complexity index is 397. The van der Waals surface area contributed by atoms with Crippen molar-refractivity contribution in [3.8, 4) is 0 Å². The van der Waals surface area contributed by atoms with Crippen LogP contribution in [0.1, 0.15) is 32.6 Å². The van der Waals surface area contributed by atoms with Crippen LogP contribution in [0, 0.1) is 0 Å². The van der Waals surface area contributed by atoms with Gasteiger partial charge < -0.3 is 0 Å². The quantitative estimate of drug-likeness (QED) is 0.318. The van der Waals surface area contributed by atoms with E-state index in [9.17, 15) is 13.2 Å². The van der Waals surface area contributed by atoms with Crippen molar-refractivity contribution in [2.24, 2.45) is 5.10 Å².